The van der Waals surface area contributed by atoms with E-state index in [4.69, 9.17) is 4.74 Å². The number of rotatable bonds is 1. The Bertz CT molecular complexity index is 723. The molecular formula is C16H16N2O4. The van der Waals surface area contributed by atoms with Gasteiger partial charge in [0.05, 0.1) is 18.8 Å². The number of aromatic hydroxyl groups is 1. The fourth-order valence-electron chi connectivity index (χ4n) is 2.45. The standard InChI is InChI=1S/C16H16N2O4/c19-14-12-4-2-1-3-11(12)5-6-13(14)15(20)17-16(21)18-7-9-22-10-8-18/h1-6,19H,7-10H2,(H,17,20,21). The summed E-state index contributed by atoms with van der Waals surface area (Å²) in [5.41, 5.74) is 0.0836. The zero-order valence-corrected chi connectivity index (χ0v) is 11.9. The van der Waals surface area contributed by atoms with E-state index in [1.807, 2.05) is 12.1 Å². The molecule has 6 nitrogen and oxygen atoms in total. The maximum atomic E-state index is 12.2. The Morgan fingerprint density at radius 2 is 1.82 bits per heavy atom. The topological polar surface area (TPSA) is 78.9 Å². The number of benzene rings is 2. The van der Waals surface area contributed by atoms with E-state index in [2.05, 4.69) is 5.32 Å². The summed E-state index contributed by atoms with van der Waals surface area (Å²) < 4.78 is 5.16. The molecule has 1 aliphatic heterocycles. The first-order valence-electron chi connectivity index (χ1n) is 7.05. The van der Waals surface area contributed by atoms with Crippen LogP contribution in [0.1, 0.15) is 10.4 Å². The normalized spacial score (nSPS) is 14.8. The van der Waals surface area contributed by atoms with E-state index in [0.29, 0.717) is 31.7 Å². The number of ether oxygens (including phenoxy) is 1. The zero-order chi connectivity index (χ0) is 15.5. The van der Waals surface area contributed by atoms with Crippen LogP contribution in [-0.4, -0.2) is 48.2 Å². The molecule has 0 aliphatic carbocycles. The second-order valence-corrected chi connectivity index (χ2v) is 5.04. The third kappa shape index (κ3) is 2.73. The Labute approximate surface area is 127 Å². The van der Waals surface area contributed by atoms with Crippen molar-refractivity contribution in [3.05, 3.63) is 42.0 Å². The first-order chi connectivity index (χ1) is 10.7. The molecule has 0 saturated carbocycles. The van der Waals surface area contributed by atoms with Crippen molar-refractivity contribution in [3.8, 4) is 5.75 Å². The molecule has 22 heavy (non-hydrogen) atoms. The molecule has 3 rings (SSSR count). The molecule has 1 aliphatic rings. The molecule has 2 aromatic carbocycles. The van der Waals surface area contributed by atoms with Gasteiger partial charge in [0.1, 0.15) is 5.75 Å². The van der Waals surface area contributed by atoms with Crippen molar-refractivity contribution < 1.29 is 19.4 Å². The second-order valence-electron chi connectivity index (χ2n) is 5.04. The van der Waals surface area contributed by atoms with E-state index in [1.165, 1.54) is 11.0 Å². The highest BCUT2D eigenvalue weighted by molar-refractivity contribution is 6.09. The Morgan fingerprint density at radius 3 is 2.59 bits per heavy atom. The average molecular weight is 300 g/mol. The Morgan fingerprint density at radius 1 is 1.09 bits per heavy atom. The van der Waals surface area contributed by atoms with E-state index in [1.54, 1.807) is 18.2 Å². The number of phenols is 1. The van der Waals surface area contributed by atoms with E-state index >= 15 is 0 Å². The van der Waals surface area contributed by atoms with Crippen molar-refractivity contribution in [2.45, 2.75) is 0 Å². The predicted octanol–water partition coefficient (Wildman–Crippen LogP) is 1.73. The van der Waals surface area contributed by atoms with Crippen LogP contribution in [-0.2, 0) is 4.74 Å². The quantitative estimate of drug-likeness (QED) is 0.840. The van der Waals surface area contributed by atoms with E-state index < -0.39 is 11.9 Å². The van der Waals surface area contributed by atoms with Gasteiger partial charge < -0.3 is 14.7 Å². The minimum Gasteiger partial charge on any atom is -0.506 e. The van der Waals surface area contributed by atoms with Gasteiger partial charge in [0, 0.05) is 18.5 Å². The molecule has 1 saturated heterocycles. The van der Waals surface area contributed by atoms with E-state index in [-0.39, 0.29) is 11.3 Å². The third-order valence-electron chi connectivity index (χ3n) is 3.66. The molecule has 2 N–H and O–H groups in total. The molecule has 6 heteroatoms. The molecular weight excluding hydrogens is 284 g/mol. The maximum Gasteiger partial charge on any atom is 0.324 e. The van der Waals surface area contributed by atoms with E-state index in [0.717, 1.165) is 5.39 Å². The van der Waals surface area contributed by atoms with Crippen molar-refractivity contribution in [1.82, 2.24) is 10.2 Å². The number of urea groups is 1. The van der Waals surface area contributed by atoms with Crippen LogP contribution in [0, 0.1) is 0 Å². The highest BCUT2D eigenvalue weighted by Gasteiger charge is 2.21. The van der Waals surface area contributed by atoms with Gasteiger partial charge in [0.15, 0.2) is 0 Å². The summed E-state index contributed by atoms with van der Waals surface area (Å²) in [7, 11) is 0. The molecule has 0 aromatic heterocycles. The third-order valence-corrected chi connectivity index (χ3v) is 3.66. The highest BCUT2D eigenvalue weighted by Crippen LogP contribution is 2.28. The lowest BCUT2D eigenvalue weighted by atomic mass is 10.0. The fraction of sp³-hybridized carbons (Fsp3) is 0.250. The maximum absolute atomic E-state index is 12.2. The van der Waals surface area contributed by atoms with Gasteiger partial charge in [-0.25, -0.2) is 4.79 Å². The second kappa shape index (κ2) is 6.03. The zero-order valence-electron chi connectivity index (χ0n) is 11.9. The number of nitrogens with zero attached hydrogens (tertiary/aromatic N) is 1. The summed E-state index contributed by atoms with van der Waals surface area (Å²) in [6.45, 7) is 1.82. The molecule has 0 bridgehead atoms. The van der Waals surface area contributed by atoms with E-state index in [9.17, 15) is 14.7 Å². The van der Waals surface area contributed by atoms with Crippen LogP contribution >= 0.6 is 0 Å². The van der Waals surface area contributed by atoms with Crippen LogP contribution in [0.15, 0.2) is 36.4 Å². The number of hydrogen-bond acceptors (Lipinski definition) is 4. The smallest absolute Gasteiger partial charge is 0.324 e. The number of nitrogens with one attached hydrogen (secondary N) is 1. The van der Waals surface area contributed by atoms with Crippen LogP contribution in [0.25, 0.3) is 10.8 Å². The highest BCUT2D eigenvalue weighted by atomic mass is 16.5. The lowest BCUT2D eigenvalue weighted by Crippen LogP contribution is -2.47. The minimum absolute atomic E-state index is 0.0836. The number of carbonyl (C=O) groups excluding carboxylic acids is 2. The summed E-state index contributed by atoms with van der Waals surface area (Å²) >= 11 is 0. The molecule has 3 amide bonds. The number of fused-ring (bicyclic) bond motifs is 1. The van der Waals surface area contributed by atoms with Crippen molar-refractivity contribution in [2.24, 2.45) is 0 Å². The van der Waals surface area contributed by atoms with Crippen LogP contribution < -0.4 is 5.32 Å². The summed E-state index contributed by atoms with van der Waals surface area (Å²) in [5, 5.41) is 13.9. The Kier molecular flexibility index (Phi) is 3.93. The lowest BCUT2D eigenvalue weighted by molar-refractivity contribution is 0.0524. The number of hydrogen-bond donors (Lipinski definition) is 2. The minimum atomic E-state index is -0.611. The van der Waals surface area contributed by atoms with Crippen LogP contribution in [0.3, 0.4) is 0 Å². The summed E-state index contributed by atoms with van der Waals surface area (Å²) in [5.74, 6) is -0.731. The van der Waals surface area contributed by atoms with Crippen molar-refractivity contribution >= 4 is 22.7 Å². The molecule has 0 atom stereocenters. The van der Waals surface area contributed by atoms with Gasteiger partial charge in [0.2, 0.25) is 0 Å². The molecule has 0 unspecified atom stereocenters. The predicted molar refractivity (Wildman–Crippen MR) is 80.9 cm³/mol. The van der Waals surface area contributed by atoms with Crippen LogP contribution in [0.4, 0.5) is 4.79 Å². The molecule has 0 spiro atoms. The van der Waals surface area contributed by atoms with Gasteiger partial charge in [0.25, 0.3) is 5.91 Å². The molecule has 2 aromatic rings. The first kappa shape index (κ1) is 14.3. The van der Waals surface area contributed by atoms with Gasteiger partial charge in [-0.05, 0) is 11.5 Å². The summed E-state index contributed by atoms with van der Waals surface area (Å²) in [6.07, 6.45) is 0. The Hall–Kier alpha value is -2.60. The summed E-state index contributed by atoms with van der Waals surface area (Å²) in [4.78, 5) is 25.7. The average Bonchev–Trinajstić information content (AvgIpc) is 2.56. The number of phenolic OH excluding ortho intramolecular Hbond substituents is 1. The number of imide groups is 1. The van der Waals surface area contributed by atoms with Gasteiger partial charge in [-0.1, -0.05) is 30.3 Å². The number of amides is 3. The largest absolute Gasteiger partial charge is 0.506 e. The summed E-state index contributed by atoms with van der Waals surface area (Å²) in [6, 6.07) is 9.98. The van der Waals surface area contributed by atoms with Gasteiger partial charge in [-0.3, -0.25) is 10.1 Å². The monoisotopic (exact) mass is 300 g/mol. The number of morpholine rings is 1. The van der Waals surface area contributed by atoms with Crippen molar-refractivity contribution in [2.75, 3.05) is 26.3 Å². The van der Waals surface area contributed by atoms with Crippen LogP contribution in [0.2, 0.25) is 0 Å². The van der Waals surface area contributed by atoms with Gasteiger partial charge >= 0.3 is 6.03 Å². The van der Waals surface area contributed by atoms with Crippen LogP contribution in [0.5, 0.6) is 5.75 Å². The molecule has 114 valence electrons. The fourth-order valence-corrected chi connectivity index (χ4v) is 2.45. The van der Waals surface area contributed by atoms with Gasteiger partial charge in [-0.15, -0.1) is 0 Å². The molecule has 1 fully saturated rings. The molecule has 1 heterocycles. The van der Waals surface area contributed by atoms with Crippen molar-refractivity contribution in [3.63, 3.8) is 0 Å². The van der Waals surface area contributed by atoms with Crippen molar-refractivity contribution in [1.29, 1.82) is 0 Å². The SMILES string of the molecule is O=C(NC(=O)N1CCOCC1)c1ccc2ccccc2c1O. The van der Waals surface area contributed by atoms with Gasteiger partial charge in [-0.2, -0.15) is 0 Å². The lowest BCUT2D eigenvalue weighted by Gasteiger charge is -2.26. The number of carbonyl (C=O) groups is 2. The Balaban J connectivity index is 1.80. The first-order valence-corrected chi connectivity index (χ1v) is 7.05. The molecule has 0 radical (unpaired) electrons.